The summed E-state index contributed by atoms with van der Waals surface area (Å²) < 4.78 is 18.2. The van der Waals surface area contributed by atoms with Crippen molar-refractivity contribution in [2.45, 2.75) is 13.0 Å². The van der Waals surface area contributed by atoms with Crippen LogP contribution in [0.2, 0.25) is 0 Å². The molecule has 1 rings (SSSR count). The van der Waals surface area contributed by atoms with Gasteiger partial charge in [-0.2, -0.15) is 0 Å². The van der Waals surface area contributed by atoms with Crippen LogP contribution in [0, 0.1) is 5.82 Å². The van der Waals surface area contributed by atoms with Crippen molar-refractivity contribution >= 4 is 5.91 Å². The molecule has 1 atom stereocenters. The number of para-hydroxylation sites is 1. The van der Waals surface area contributed by atoms with Crippen molar-refractivity contribution in [1.82, 2.24) is 5.32 Å². The molecule has 76 valence electrons. The summed E-state index contributed by atoms with van der Waals surface area (Å²) in [6, 6.07) is 5.97. The van der Waals surface area contributed by atoms with Gasteiger partial charge in [0, 0.05) is 7.05 Å². The molecule has 0 aliphatic rings. The molecule has 1 aromatic carbocycles. The summed E-state index contributed by atoms with van der Waals surface area (Å²) in [5.41, 5.74) is 0. The number of rotatable bonds is 3. The fourth-order valence-electron chi connectivity index (χ4n) is 0.988. The summed E-state index contributed by atoms with van der Waals surface area (Å²) in [4.78, 5) is 11.1. The lowest BCUT2D eigenvalue weighted by molar-refractivity contribution is -0.126. The van der Waals surface area contributed by atoms with Crippen molar-refractivity contribution in [2.24, 2.45) is 0 Å². The Hall–Kier alpha value is -1.58. The smallest absolute Gasteiger partial charge is 0.260 e. The molecule has 0 bridgehead atoms. The molecule has 1 aromatic rings. The monoisotopic (exact) mass is 197 g/mol. The maximum atomic E-state index is 13.1. The minimum Gasteiger partial charge on any atom is -0.478 e. The van der Waals surface area contributed by atoms with Crippen LogP contribution in [0.3, 0.4) is 0 Å². The van der Waals surface area contributed by atoms with E-state index < -0.39 is 11.9 Å². The number of nitrogens with one attached hydrogen (secondary N) is 1. The highest BCUT2D eigenvalue weighted by Crippen LogP contribution is 2.16. The largest absolute Gasteiger partial charge is 0.478 e. The standard InChI is InChI=1S/C10H12FNO2/c1-7(10(13)12-2)14-9-6-4-3-5-8(9)11/h3-7H,1-2H3,(H,12,13). The lowest BCUT2D eigenvalue weighted by atomic mass is 10.3. The fraction of sp³-hybridized carbons (Fsp3) is 0.300. The van der Waals surface area contributed by atoms with Gasteiger partial charge in [-0.15, -0.1) is 0 Å². The Bertz CT molecular complexity index is 328. The highest BCUT2D eigenvalue weighted by Gasteiger charge is 2.14. The average molecular weight is 197 g/mol. The highest BCUT2D eigenvalue weighted by atomic mass is 19.1. The van der Waals surface area contributed by atoms with Gasteiger partial charge in [0.05, 0.1) is 0 Å². The number of likely N-dealkylation sites (N-methyl/N-ethyl adjacent to an activating group) is 1. The third-order valence-corrected chi connectivity index (χ3v) is 1.76. The molecule has 0 radical (unpaired) electrons. The van der Waals surface area contributed by atoms with E-state index in [1.807, 2.05) is 0 Å². The molecule has 14 heavy (non-hydrogen) atoms. The molecule has 0 saturated heterocycles. The van der Waals surface area contributed by atoms with Crippen LogP contribution in [0.5, 0.6) is 5.75 Å². The first kappa shape index (κ1) is 10.5. The summed E-state index contributed by atoms with van der Waals surface area (Å²) in [5, 5.41) is 2.42. The van der Waals surface area contributed by atoms with Gasteiger partial charge in [-0.25, -0.2) is 4.39 Å². The average Bonchev–Trinajstić information content (AvgIpc) is 2.20. The van der Waals surface area contributed by atoms with Crippen LogP contribution in [-0.2, 0) is 4.79 Å². The van der Waals surface area contributed by atoms with E-state index in [0.717, 1.165) is 0 Å². The predicted molar refractivity (Wildman–Crippen MR) is 50.6 cm³/mol. The summed E-state index contributed by atoms with van der Waals surface area (Å²) in [7, 11) is 1.50. The molecule has 1 unspecified atom stereocenters. The maximum absolute atomic E-state index is 13.1. The van der Waals surface area contributed by atoms with E-state index in [1.165, 1.54) is 19.2 Å². The summed E-state index contributed by atoms with van der Waals surface area (Å²) >= 11 is 0. The van der Waals surface area contributed by atoms with E-state index in [1.54, 1.807) is 19.1 Å². The molecular formula is C10H12FNO2. The second-order valence-corrected chi connectivity index (χ2v) is 2.80. The lowest BCUT2D eigenvalue weighted by Crippen LogP contribution is -2.33. The molecule has 0 spiro atoms. The number of ether oxygens (including phenoxy) is 1. The van der Waals surface area contributed by atoms with Crippen LogP contribution >= 0.6 is 0 Å². The molecule has 4 heteroatoms. The Morgan fingerprint density at radius 2 is 2.14 bits per heavy atom. The molecule has 1 N–H and O–H groups in total. The van der Waals surface area contributed by atoms with Gasteiger partial charge in [0.1, 0.15) is 0 Å². The van der Waals surface area contributed by atoms with Crippen molar-refractivity contribution in [1.29, 1.82) is 0 Å². The van der Waals surface area contributed by atoms with Gasteiger partial charge in [0.15, 0.2) is 17.7 Å². The van der Waals surface area contributed by atoms with Gasteiger partial charge in [0.25, 0.3) is 5.91 Å². The van der Waals surface area contributed by atoms with E-state index in [4.69, 9.17) is 4.74 Å². The van der Waals surface area contributed by atoms with Crippen molar-refractivity contribution in [3.05, 3.63) is 30.1 Å². The van der Waals surface area contributed by atoms with Gasteiger partial charge < -0.3 is 10.1 Å². The number of halogens is 1. The van der Waals surface area contributed by atoms with Gasteiger partial charge in [-0.1, -0.05) is 12.1 Å². The van der Waals surface area contributed by atoms with E-state index in [-0.39, 0.29) is 11.7 Å². The van der Waals surface area contributed by atoms with Gasteiger partial charge in [-0.05, 0) is 19.1 Å². The minimum absolute atomic E-state index is 0.0867. The zero-order valence-corrected chi connectivity index (χ0v) is 8.08. The van der Waals surface area contributed by atoms with Gasteiger partial charge in [-0.3, -0.25) is 4.79 Å². The number of carbonyl (C=O) groups excluding carboxylic acids is 1. The van der Waals surface area contributed by atoms with Crippen molar-refractivity contribution in [3.63, 3.8) is 0 Å². The van der Waals surface area contributed by atoms with Crippen LogP contribution in [0.25, 0.3) is 0 Å². The van der Waals surface area contributed by atoms with Crippen molar-refractivity contribution < 1.29 is 13.9 Å². The van der Waals surface area contributed by atoms with Gasteiger partial charge >= 0.3 is 0 Å². The SMILES string of the molecule is CNC(=O)C(C)Oc1ccccc1F. The summed E-state index contributed by atoms with van der Waals surface area (Å²) in [6.45, 7) is 1.56. The first-order valence-corrected chi connectivity index (χ1v) is 4.28. The number of hydrogen-bond donors (Lipinski definition) is 1. The van der Waals surface area contributed by atoms with Crippen molar-refractivity contribution in [3.8, 4) is 5.75 Å². The number of hydrogen-bond acceptors (Lipinski definition) is 2. The first-order chi connectivity index (χ1) is 6.65. The van der Waals surface area contributed by atoms with E-state index >= 15 is 0 Å². The zero-order chi connectivity index (χ0) is 10.6. The highest BCUT2D eigenvalue weighted by molar-refractivity contribution is 5.80. The molecule has 0 fully saturated rings. The maximum Gasteiger partial charge on any atom is 0.260 e. The quantitative estimate of drug-likeness (QED) is 0.794. The zero-order valence-electron chi connectivity index (χ0n) is 8.08. The summed E-state index contributed by atoms with van der Waals surface area (Å²) in [5.74, 6) is -0.667. The molecule has 0 aromatic heterocycles. The summed E-state index contributed by atoms with van der Waals surface area (Å²) in [6.07, 6.45) is -0.697. The molecule has 0 heterocycles. The van der Waals surface area contributed by atoms with E-state index in [9.17, 15) is 9.18 Å². The Morgan fingerprint density at radius 3 is 2.71 bits per heavy atom. The molecule has 0 aliphatic carbocycles. The number of carbonyl (C=O) groups is 1. The molecule has 1 amide bonds. The molecule has 3 nitrogen and oxygen atoms in total. The van der Waals surface area contributed by atoms with Crippen LogP contribution in [0.1, 0.15) is 6.92 Å². The number of benzene rings is 1. The van der Waals surface area contributed by atoms with Crippen molar-refractivity contribution in [2.75, 3.05) is 7.05 Å². The van der Waals surface area contributed by atoms with Crippen LogP contribution in [0.4, 0.5) is 4.39 Å². The Kier molecular flexibility index (Phi) is 3.45. The fourth-order valence-corrected chi connectivity index (χ4v) is 0.988. The number of amides is 1. The minimum atomic E-state index is -0.697. The molecular weight excluding hydrogens is 185 g/mol. The molecule has 0 saturated carbocycles. The van der Waals surface area contributed by atoms with Crippen LogP contribution < -0.4 is 10.1 Å². The third-order valence-electron chi connectivity index (χ3n) is 1.76. The van der Waals surface area contributed by atoms with Crippen LogP contribution in [-0.4, -0.2) is 19.1 Å². The Morgan fingerprint density at radius 1 is 1.50 bits per heavy atom. The topological polar surface area (TPSA) is 38.3 Å². The second kappa shape index (κ2) is 4.60. The predicted octanol–water partition coefficient (Wildman–Crippen LogP) is 1.34. The van der Waals surface area contributed by atoms with E-state index in [2.05, 4.69) is 5.32 Å². The van der Waals surface area contributed by atoms with Gasteiger partial charge in [0.2, 0.25) is 0 Å². The normalized spacial score (nSPS) is 11.9. The second-order valence-electron chi connectivity index (χ2n) is 2.80. The third kappa shape index (κ3) is 2.45. The Balaban J connectivity index is 2.69. The lowest BCUT2D eigenvalue weighted by Gasteiger charge is -2.13. The molecule has 0 aliphatic heterocycles. The first-order valence-electron chi connectivity index (χ1n) is 4.28. The van der Waals surface area contributed by atoms with E-state index in [0.29, 0.717) is 0 Å². The van der Waals surface area contributed by atoms with Crippen LogP contribution in [0.15, 0.2) is 24.3 Å². The Labute approximate surface area is 81.9 Å².